The summed E-state index contributed by atoms with van der Waals surface area (Å²) in [6.07, 6.45) is 0. The molecule has 14 heteroatoms. The minimum absolute atomic E-state index is 0.226. The molecule has 0 radical (unpaired) electrons. The molecule has 46 heavy (non-hydrogen) atoms. The lowest BCUT2D eigenvalue weighted by Crippen LogP contribution is -2.41. The van der Waals surface area contributed by atoms with Crippen molar-refractivity contribution >= 4 is 68.4 Å². The van der Waals surface area contributed by atoms with Crippen molar-refractivity contribution in [3.05, 3.63) is 83.9 Å². The highest BCUT2D eigenvalue weighted by molar-refractivity contribution is 7.99. The van der Waals surface area contributed by atoms with E-state index in [4.69, 9.17) is 4.74 Å². The van der Waals surface area contributed by atoms with E-state index in [1.165, 1.54) is 0 Å². The molecule has 6 aromatic rings. The topological polar surface area (TPSA) is 157 Å². The third kappa shape index (κ3) is 5.53. The highest BCUT2D eigenvalue weighted by atomic mass is 32.2. The molecule has 4 N–H and O–H groups in total. The molecule has 13 nitrogen and oxygen atoms in total. The van der Waals surface area contributed by atoms with Crippen LogP contribution in [0.1, 0.15) is 20.7 Å². The van der Waals surface area contributed by atoms with Crippen LogP contribution in [0.2, 0.25) is 0 Å². The van der Waals surface area contributed by atoms with Crippen LogP contribution in [-0.4, -0.2) is 86.9 Å². The molecule has 0 aliphatic carbocycles. The molecular weight excluding hydrogens is 604 g/mol. The zero-order chi connectivity index (χ0) is 31.0. The average molecular weight is 633 g/mol. The van der Waals surface area contributed by atoms with Gasteiger partial charge in [-0.3, -0.25) is 24.7 Å². The number of fused-ring (bicyclic) bond motifs is 4. The number of aromatic amines is 2. The normalized spacial score (nSPS) is 14.7. The first-order valence-electron chi connectivity index (χ1n) is 14.9. The van der Waals surface area contributed by atoms with Crippen LogP contribution in [-0.2, 0) is 4.74 Å². The van der Waals surface area contributed by atoms with E-state index in [1.54, 1.807) is 48.2 Å². The summed E-state index contributed by atoms with van der Waals surface area (Å²) < 4.78 is 5.55. The van der Waals surface area contributed by atoms with Gasteiger partial charge in [0.1, 0.15) is 11.0 Å². The van der Waals surface area contributed by atoms with Gasteiger partial charge < -0.3 is 20.3 Å². The number of carbonyl (C=O) groups is 2. The van der Waals surface area contributed by atoms with E-state index < -0.39 is 0 Å². The third-order valence-corrected chi connectivity index (χ3v) is 9.25. The van der Waals surface area contributed by atoms with Gasteiger partial charge in [0.2, 0.25) is 0 Å². The SMILES string of the molecule is O=C(Nc1ccc2c(c1)Sc1cc(NC(=O)c3ccc4nn[nH]c4c3)ccc1N2CCN1CCOCC1)c1ccc2nn[nH]c2c1. The van der Waals surface area contributed by atoms with Gasteiger partial charge in [0.15, 0.2) is 0 Å². The Hall–Kier alpha value is -5.31. The number of hydrogen-bond acceptors (Lipinski definition) is 10. The Morgan fingerprint density at radius 2 is 1.26 bits per heavy atom. The van der Waals surface area contributed by atoms with E-state index in [-0.39, 0.29) is 11.8 Å². The van der Waals surface area contributed by atoms with Crippen LogP contribution in [0, 0.1) is 0 Å². The second kappa shape index (κ2) is 11.9. The van der Waals surface area contributed by atoms with Gasteiger partial charge in [-0.15, -0.1) is 10.2 Å². The van der Waals surface area contributed by atoms with E-state index >= 15 is 0 Å². The number of nitrogens with one attached hydrogen (secondary N) is 4. The Balaban J connectivity index is 1.06. The van der Waals surface area contributed by atoms with Crippen molar-refractivity contribution in [1.82, 2.24) is 35.7 Å². The molecule has 230 valence electrons. The highest BCUT2D eigenvalue weighted by Gasteiger charge is 2.26. The van der Waals surface area contributed by atoms with Crippen molar-refractivity contribution in [3.8, 4) is 0 Å². The standard InChI is InChI=1S/C32H28N10O3S/c43-31(19-1-5-23-25(15-19)37-39-35-23)33-21-3-7-27-29(17-21)46-30-18-22(34-32(44)20-2-6-24-26(16-20)38-40-36-24)4-8-28(30)42(27)10-9-41-11-13-45-14-12-41/h1-8,15-18H,9-14H2,(H,33,43)(H,34,44)(H,35,37,39)(H,36,38,40). The molecule has 2 aromatic heterocycles. The van der Waals surface area contributed by atoms with Crippen LogP contribution in [0.3, 0.4) is 0 Å². The van der Waals surface area contributed by atoms with Gasteiger partial charge in [-0.05, 0) is 72.8 Å². The number of rotatable bonds is 7. The molecule has 4 aromatic carbocycles. The summed E-state index contributed by atoms with van der Waals surface area (Å²) in [5, 5.41) is 27.3. The molecule has 0 saturated carbocycles. The molecule has 2 aliphatic rings. The Bertz CT molecular complexity index is 1970. The molecule has 1 saturated heterocycles. The quantitative estimate of drug-likeness (QED) is 0.195. The lowest BCUT2D eigenvalue weighted by atomic mass is 10.1. The van der Waals surface area contributed by atoms with Crippen molar-refractivity contribution in [2.24, 2.45) is 0 Å². The number of ether oxygens (including phenoxy) is 1. The van der Waals surface area contributed by atoms with Gasteiger partial charge in [0.25, 0.3) is 11.8 Å². The van der Waals surface area contributed by atoms with Gasteiger partial charge in [-0.25, -0.2) is 0 Å². The van der Waals surface area contributed by atoms with E-state index in [0.717, 1.165) is 60.6 Å². The van der Waals surface area contributed by atoms with Gasteiger partial charge >= 0.3 is 0 Å². The second-order valence-corrected chi connectivity index (χ2v) is 12.2. The zero-order valence-corrected chi connectivity index (χ0v) is 25.3. The summed E-state index contributed by atoms with van der Waals surface area (Å²) in [7, 11) is 0. The highest BCUT2D eigenvalue weighted by Crippen LogP contribution is 2.49. The molecule has 2 aliphatic heterocycles. The summed E-state index contributed by atoms with van der Waals surface area (Å²) in [4.78, 5) is 33.0. The lowest BCUT2D eigenvalue weighted by Gasteiger charge is -2.35. The van der Waals surface area contributed by atoms with Crippen LogP contribution >= 0.6 is 11.8 Å². The second-order valence-electron chi connectivity index (χ2n) is 11.1. The van der Waals surface area contributed by atoms with E-state index in [1.807, 2.05) is 24.3 Å². The molecule has 2 amide bonds. The number of anilines is 4. The van der Waals surface area contributed by atoms with Gasteiger partial charge in [-0.1, -0.05) is 22.2 Å². The number of amides is 2. The third-order valence-electron chi connectivity index (χ3n) is 8.15. The first-order chi connectivity index (χ1) is 22.6. The first-order valence-corrected chi connectivity index (χ1v) is 15.7. The van der Waals surface area contributed by atoms with E-state index in [2.05, 4.69) is 63.4 Å². The van der Waals surface area contributed by atoms with E-state index in [9.17, 15) is 9.59 Å². The van der Waals surface area contributed by atoms with Crippen LogP contribution in [0.5, 0.6) is 0 Å². The van der Waals surface area contributed by atoms with Crippen molar-refractivity contribution in [2.75, 3.05) is 54.9 Å². The van der Waals surface area contributed by atoms with Gasteiger partial charge in [0.05, 0.1) is 35.6 Å². The Kier molecular flexibility index (Phi) is 7.28. The average Bonchev–Trinajstić information content (AvgIpc) is 3.76. The minimum atomic E-state index is -0.226. The van der Waals surface area contributed by atoms with Crippen molar-refractivity contribution < 1.29 is 14.3 Å². The summed E-state index contributed by atoms with van der Waals surface area (Å²) >= 11 is 1.61. The Labute approximate surface area is 266 Å². The summed E-state index contributed by atoms with van der Waals surface area (Å²) in [6, 6.07) is 22.4. The van der Waals surface area contributed by atoms with Crippen LogP contribution in [0.4, 0.5) is 22.7 Å². The number of carbonyl (C=O) groups excluding carboxylic acids is 2. The molecule has 0 bridgehead atoms. The number of hydrogen-bond donors (Lipinski definition) is 4. The van der Waals surface area contributed by atoms with Gasteiger partial charge in [0, 0.05) is 58.5 Å². The molecule has 0 spiro atoms. The van der Waals surface area contributed by atoms with Crippen molar-refractivity contribution in [1.29, 1.82) is 0 Å². The minimum Gasteiger partial charge on any atom is -0.379 e. The summed E-state index contributed by atoms with van der Waals surface area (Å²) in [5.41, 5.74) is 7.29. The van der Waals surface area contributed by atoms with Crippen molar-refractivity contribution in [2.45, 2.75) is 9.79 Å². The van der Waals surface area contributed by atoms with Crippen molar-refractivity contribution in [3.63, 3.8) is 0 Å². The summed E-state index contributed by atoms with van der Waals surface area (Å²) in [5.74, 6) is -0.452. The summed E-state index contributed by atoms with van der Waals surface area (Å²) in [6.45, 7) is 4.93. The fourth-order valence-electron chi connectivity index (χ4n) is 5.73. The number of aromatic nitrogens is 6. The Morgan fingerprint density at radius 1 is 0.717 bits per heavy atom. The number of morpholine rings is 1. The molecular formula is C32H28N10O3S. The van der Waals surface area contributed by atoms with Crippen LogP contribution in [0.15, 0.2) is 82.6 Å². The monoisotopic (exact) mass is 632 g/mol. The number of H-pyrrole nitrogens is 2. The number of nitrogens with zero attached hydrogens (tertiary/aromatic N) is 6. The lowest BCUT2D eigenvalue weighted by molar-refractivity contribution is 0.0394. The molecule has 1 fully saturated rings. The largest absolute Gasteiger partial charge is 0.379 e. The predicted molar refractivity (Wildman–Crippen MR) is 175 cm³/mol. The predicted octanol–water partition coefficient (Wildman–Crippen LogP) is 4.67. The zero-order valence-electron chi connectivity index (χ0n) is 24.5. The molecule has 0 atom stereocenters. The Morgan fingerprint density at radius 3 is 1.80 bits per heavy atom. The fourth-order valence-corrected chi connectivity index (χ4v) is 6.90. The molecule has 0 unspecified atom stereocenters. The number of benzene rings is 4. The first kappa shape index (κ1) is 28.2. The maximum Gasteiger partial charge on any atom is 0.255 e. The maximum atomic E-state index is 13.2. The van der Waals surface area contributed by atoms with Crippen LogP contribution < -0.4 is 15.5 Å². The molecule has 8 rings (SSSR count). The van der Waals surface area contributed by atoms with Gasteiger partial charge in [-0.2, -0.15) is 0 Å². The fraction of sp³-hybridized carbons (Fsp3) is 0.188. The molecule has 4 heterocycles. The van der Waals surface area contributed by atoms with E-state index in [0.29, 0.717) is 44.6 Å². The smallest absolute Gasteiger partial charge is 0.255 e. The maximum absolute atomic E-state index is 13.2. The van der Waals surface area contributed by atoms with Crippen LogP contribution in [0.25, 0.3) is 22.1 Å².